The number of aliphatic hydroxyl groups is 1. The Hall–Kier alpha value is -3.05. The van der Waals surface area contributed by atoms with Crippen LogP contribution in [-0.2, 0) is 25.8 Å². The summed E-state index contributed by atoms with van der Waals surface area (Å²) in [4.78, 5) is 41.7. The molecule has 0 aliphatic carbocycles. The average Bonchev–Trinajstić information content (AvgIpc) is 3.49. The van der Waals surface area contributed by atoms with Gasteiger partial charge in [0.15, 0.2) is 0 Å². The molecule has 11 nitrogen and oxygen atoms in total. The van der Waals surface area contributed by atoms with Crippen LogP contribution in [0.15, 0.2) is 24.3 Å². The largest absolute Gasteiger partial charge is 0.396 e. The van der Waals surface area contributed by atoms with Gasteiger partial charge < -0.3 is 25.4 Å². The highest BCUT2D eigenvalue weighted by Gasteiger charge is 2.79. The first kappa shape index (κ1) is 22.7. The van der Waals surface area contributed by atoms with Crippen molar-refractivity contribution >= 4 is 28.8 Å². The fourth-order valence-electron chi connectivity index (χ4n) is 6.36. The minimum absolute atomic E-state index is 0.0220. The minimum atomic E-state index is -1.10. The Morgan fingerprint density at radius 3 is 2.79 bits per heavy atom. The lowest BCUT2D eigenvalue weighted by atomic mass is 9.62. The Bertz CT molecular complexity index is 1150. The maximum atomic E-state index is 13.7. The molecule has 3 N–H and O–H groups in total. The van der Waals surface area contributed by atoms with E-state index in [1.54, 1.807) is 11.7 Å². The summed E-state index contributed by atoms with van der Waals surface area (Å²) in [7, 11) is 1.55. The average molecular weight is 471 g/mol. The van der Waals surface area contributed by atoms with Crippen LogP contribution in [0.1, 0.15) is 26.7 Å². The molecule has 6 atom stereocenters. The lowest BCUT2D eigenvalue weighted by Crippen LogP contribution is -2.56. The number of nitrogens with one attached hydrogen (secondary N) is 2. The zero-order valence-electron chi connectivity index (χ0n) is 19.5. The molecular formula is C23H30N6O5. The second-order valence-electron chi connectivity index (χ2n) is 9.70. The summed E-state index contributed by atoms with van der Waals surface area (Å²) in [6.45, 7) is 4.02. The predicted molar refractivity (Wildman–Crippen MR) is 120 cm³/mol. The second kappa shape index (κ2) is 8.02. The smallest absolute Gasteiger partial charge is 0.247 e. The van der Waals surface area contributed by atoms with Crippen molar-refractivity contribution in [2.75, 3.05) is 20.2 Å². The Labute approximate surface area is 196 Å². The van der Waals surface area contributed by atoms with E-state index >= 15 is 0 Å². The molecule has 34 heavy (non-hydrogen) atoms. The standard InChI is InChI=1S/C23H30N6O5/c1-13-11-23-17(16(19(31)24-3)22(13,2)34-23)21(33)28(9-6-10-30)18(23)20(32)25-12-29-15-8-5-4-7-14(15)26-27-29/h4-5,7-8,13,16-18,30H,6,9-12H2,1-3H3,(H,24,31)(H,25,32)/t13?,16-,17-,18?,22+,23?/m0/s1. The first-order chi connectivity index (χ1) is 16.3. The van der Waals surface area contributed by atoms with Crippen molar-refractivity contribution in [3.05, 3.63) is 24.3 Å². The molecule has 1 spiro atoms. The Kier molecular flexibility index (Phi) is 5.36. The number of para-hydroxylation sites is 1. The van der Waals surface area contributed by atoms with Crippen LogP contribution in [0.2, 0.25) is 0 Å². The molecule has 3 fully saturated rings. The molecule has 3 unspecified atom stereocenters. The topological polar surface area (TPSA) is 139 Å². The molecule has 0 saturated carbocycles. The Morgan fingerprint density at radius 2 is 2.06 bits per heavy atom. The monoisotopic (exact) mass is 470 g/mol. The summed E-state index contributed by atoms with van der Waals surface area (Å²) in [5, 5.41) is 23.2. The molecule has 0 radical (unpaired) electrons. The second-order valence-corrected chi connectivity index (χ2v) is 9.70. The molecule has 2 bridgehead atoms. The quantitative estimate of drug-likeness (QED) is 0.502. The van der Waals surface area contributed by atoms with Gasteiger partial charge in [0.2, 0.25) is 17.7 Å². The van der Waals surface area contributed by atoms with Crippen molar-refractivity contribution < 1.29 is 24.2 Å². The number of likely N-dealkylation sites (tertiary alicyclic amines) is 1. The van der Waals surface area contributed by atoms with Gasteiger partial charge in [-0.15, -0.1) is 5.10 Å². The lowest BCUT2D eigenvalue weighted by molar-refractivity contribution is -0.147. The zero-order chi connectivity index (χ0) is 24.3. The number of amides is 3. The summed E-state index contributed by atoms with van der Waals surface area (Å²) in [6, 6.07) is 6.52. The number of aromatic nitrogens is 3. The molecule has 3 saturated heterocycles. The third-order valence-corrected chi connectivity index (χ3v) is 7.97. The summed E-state index contributed by atoms with van der Waals surface area (Å²) >= 11 is 0. The third-order valence-electron chi connectivity index (χ3n) is 7.97. The maximum absolute atomic E-state index is 13.7. The molecule has 1 aromatic carbocycles. The number of fused-ring (bicyclic) bond motifs is 2. The van der Waals surface area contributed by atoms with Crippen LogP contribution in [-0.4, -0.2) is 80.2 Å². The van der Waals surface area contributed by atoms with Crippen LogP contribution in [0.25, 0.3) is 11.0 Å². The summed E-state index contributed by atoms with van der Waals surface area (Å²) in [5.41, 5.74) is -0.461. The van der Waals surface area contributed by atoms with E-state index in [1.165, 1.54) is 4.90 Å². The van der Waals surface area contributed by atoms with Crippen LogP contribution < -0.4 is 10.6 Å². The fourth-order valence-corrected chi connectivity index (χ4v) is 6.36. The van der Waals surface area contributed by atoms with Crippen LogP contribution in [0.4, 0.5) is 0 Å². The molecule has 3 aliphatic heterocycles. The number of hydrogen-bond donors (Lipinski definition) is 3. The summed E-state index contributed by atoms with van der Waals surface area (Å²) < 4.78 is 8.14. The Balaban J connectivity index is 1.48. The number of nitrogens with zero attached hydrogens (tertiary/aromatic N) is 4. The van der Waals surface area contributed by atoms with Gasteiger partial charge in [-0.05, 0) is 37.8 Å². The number of carbonyl (C=O) groups excluding carboxylic acids is 3. The van der Waals surface area contributed by atoms with Crippen molar-refractivity contribution in [2.24, 2.45) is 17.8 Å². The van der Waals surface area contributed by atoms with E-state index in [9.17, 15) is 19.5 Å². The highest BCUT2D eigenvalue weighted by atomic mass is 16.5. The van der Waals surface area contributed by atoms with Crippen molar-refractivity contribution in [2.45, 2.75) is 50.6 Å². The van der Waals surface area contributed by atoms with Gasteiger partial charge in [-0.3, -0.25) is 14.4 Å². The van der Waals surface area contributed by atoms with Crippen molar-refractivity contribution in [3.63, 3.8) is 0 Å². The maximum Gasteiger partial charge on any atom is 0.247 e. The number of rotatable bonds is 7. The van der Waals surface area contributed by atoms with E-state index in [-0.39, 0.29) is 43.5 Å². The van der Waals surface area contributed by atoms with Gasteiger partial charge in [-0.25, -0.2) is 4.68 Å². The van der Waals surface area contributed by atoms with Gasteiger partial charge in [0, 0.05) is 20.2 Å². The van der Waals surface area contributed by atoms with Crippen molar-refractivity contribution in [1.82, 2.24) is 30.5 Å². The number of aliphatic hydroxyl groups excluding tert-OH is 1. The van der Waals surface area contributed by atoms with Gasteiger partial charge in [0.1, 0.15) is 23.8 Å². The molecule has 1 aromatic heterocycles. The molecule has 3 aliphatic rings. The number of carbonyl (C=O) groups is 3. The van der Waals surface area contributed by atoms with E-state index < -0.39 is 29.1 Å². The molecule has 3 amide bonds. The molecule has 4 heterocycles. The summed E-state index contributed by atoms with van der Waals surface area (Å²) in [6.07, 6.45) is 0.816. The molecule has 182 valence electrons. The van der Waals surface area contributed by atoms with Gasteiger partial charge in [0.05, 0.1) is 23.0 Å². The number of benzene rings is 1. The van der Waals surface area contributed by atoms with Gasteiger partial charge in [-0.1, -0.05) is 24.3 Å². The van der Waals surface area contributed by atoms with E-state index in [1.807, 2.05) is 38.1 Å². The van der Waals surface area contributed by atoms with Crippen LogP contribution >= 0.6 is 0 Å². The lowest BCUT2D eigenvalue weighted by Gasteiger charge is -2.36. The minimum Gasteiger partial charge on any atom is -0.396 e. The molecular weight excluding hydrogens is 440 g/mol. The van der Waals surface area contributed by atoms with Crippen LogP contribution in [0, 0.1) is 17.8 Å². The fraction of sp³-hybridized carbons (Fsp3) is 0.609. The van der Waals surface area contributed by atoms with Gasteiger partial charge >= 0.3 is 0 Å². The van der Waals surface area contributed by atoms with Crippen LogP contribution in [0.5, 0.6) is 0 Å². The van der Waals surface area contributed by atoms with E-state index in [2.05, 4.69) is 20.9 Å². The Morgan fingerprint density at radius 1 is 1.29 bits per heavy atom. The predicted octanol–water partition coefficient (Wildman–Crippen LogP) is -0.356. The van der Waals surface area contributed by atoms with E-state index in [0.29, 0.717) is 18.4 Å². The zero-order valence-corrected chi connectivity index (χ0v) is 19.5. The summed E-state index contributed by atoms with van der Waals surface area (Å²) in [5.74, 6) is -2.37. The van der Waals surface area contributed by atoms with E-state index in [0.717, 1.165) is 5.52 Å². The third kappa shape index (κ3) is 2.99. The highest BCUT2D eigenvalue weighted by molar-refractivity contribution is 5.99. The van der Waals surface area contributed by atoms with Gasteiger partial charge in [-0.2, -0.15) is 0 Å². The molecule has 11 heteroatoms. The van der Waals surface area contributed by atoms with Crippen LogP contribution in [0.3, 0.4) is 0 Å². The normalized spacial score (nSPS) is 34.0. The SMILES string of the molecule is CNC(=O)[C@@H]1[C@H]2C(=O)N(CCCO)C(C(=O)NCn3nnc4ccccc43)C23CC(C)[C@@]1(C)O3. The molecule has 2 aromatic rings. The van der Waals surface area contributed by atoms with Crippen molar-refractivity contribution in [1.29, 1.82) is 0 Å². The first-order valence-corrected chi connectivity index (χ1v) is 11.7. The highest BCUT2D eigenvalue weighted by Crippen LogP contribution is 2.65. The van der Waals surface area contributed by atoms with E-state index in [4.69, 9.17) is 4.74 Å². The number of ether oxygens (including phenoxy) is 1. The van der Waals surface area contributed by atoms with Gasteiger partial charge in [0.25, 0.3) is 0 Å². The van der Waals surface area contributed by atoms with Crippen molar-refractivity contribution in [3.8, 4) is 0 Å². The number of hydrogen-bond acceptors (Lipinski definition) is 7. The molecule has 5 rings (SSSR count). The first-order valence-electron chi connectivity index (χ1n) is 11.7.